The van der Waals surface area contributed by atoms with Gasteiger partial charge in [-0.15, -0.1) is 0 Å². The summed E-state index contributed by atoms with van der Waals surface area (Å²) in [7, 11) is -4.27. The van der Waals surface area contributed by atoms with Gasteiger partial charge in [-0.1, -0.05) is 43.7 Å². The molecule has 2 aromatic rings. The van der Waals surface area contributed by atoms with Gasteiger partial charge in [0, 0.05) is 6.07 Å². The molecule has 6 heteroatoms. The Morgan fingerprint density at radius 1 is 1.09 bits per heavy atom. The molecule has 2 N–H and O–H groups in total. The van der Waals surface area contributed by atoms with Crippen LogP contribution in [0, 0.1) is 6.92 Å². The molecule has 0 heterocycles. The van der Waals surface area contributed by atoms with Gasteiger partial charge >= 0.3 is 5.43 Å². The van der Waals surface area contributed by atoms with Crippen molar-refractivity contribution >= 4 is 10.1 Å². The van der Waals surface area contributed by atoms with Gasteiger partial charge in [0.1, 0.15) is 10.1 Å². The maximum Gasteiger partial charge on any atom is 0.381 e. The summed E-state index contributed by atoms with van der Waals surface area (Å²) in [5.41, 5.74) is 1.85. The molecule has 0 radical (unpaired) electrons. The zero-order valence-corrected chi connectivity index (χ0v) is 14.0. The van der Waals surface area contributed by atoms with Crippen molar-refractivity contribution in [1.82, 2.24) is 0 Å². The van der Waals surface area contributed by atoms with Crippen molar-refractivity contribution in [1.29, 1.82) is 0 Å². The Morgan fingerprint density at radius 3 is 2.13 bits per heavy atom. The molecule has 0 atom stereocenters. The van der Waals surface area contributed by atoms with Crippen molar-refractivity contribution in [3.63, 3.8) is 0 Å². The molecule has 0 saturated heterocycles. The number of rotatable bonds is 2. The number of hydrogen-bond donors (Lipinski definition) is 1. The first-order valence-corrected chi connectivity index (χ1v) is 8.40. The van der Waals surface area contributed by atoms with Gasteiger partial charge in [-0.25, -0.2) is 8.42 Å². The lowest BCUT2D eigenvalue weighted by atomic mass is 10.1. The molecule has 23 heavy (non-hydrogen) atoms. The minimum Gasteiger partial charge on any atom is -0.744 e. The number of aromatic hydroxyl groups is 1. The van der Waals surface area contributed by atoms with Crippen LogP contribution in [0.15, 0.2) is 53.4 Å². The van der Waals surface area contributed by atoms with Gasteiger partial charge in [0.25, 0.3) is 0 Å². The lowest BCUT2D eigenvalue weighted by Gasteiger charge is -2.05. The van der Waals surface area contributed by atoms with Crippen LogP contribution < -0.4 is 5.43 Å². The average molecular weight is 336 g/mol. The monoisotopic (exact) mass is 336 g/mol. The van der Waals surface area contributed by atoms with E-state index in [9.17, 15) is 18.1 Å². The van der Waals surface area contributed by atoms with E-state index in [1.54, 1.807) is 24.3 Å². The molecule has 5 nitrogen and oxygen atoms in total. The molecule has 0 bridgehead atoms. The molecule has 2 aromatic carbocycles. The highest BCUT2D eigenvalue weighted by molar-refractivity contribution is 7.85. The lowest BCUT2D eigenvalue weighted by molar-refractivity contribution is 0.437. The Morgan fingerprint density at radius 2 is 1.65 bits per heavy atom. The van der Waals surface area contributed by atoms with Gasteiger partial charge in [0.2, 0.25) is 5.75 Å². The summed E-state index contributed by atoms with van der Waals surface area (Å²) in [5.74, 6) is 0.284. The highest BCUT2D eigenvalue weighted by atomic mass is 32.2. The summed E-state index contributed by atoms with van der Waals surface area (Å²) in [6.07, 6.45) is 0. The predicted molar refractivity (Wildman–Crippen MR) is 86.4 cm³/mol. The fourth-order valence-electron chi connectivity index (χ4n) is 1.68. The van der Waals surface area contributed by atoms with Crippen molar-refractivity contribution in [2.24, 2.45) is 0 Å². The van der Waals surface area contributed by atoms with Crippen LogP contribution in [0.25, 0.3) is 0 Å². The number of benzene rings is 1. The van der Waals surface area contributed by atoms with E-state index < -0.39 is 10.1 Å². The van der Waals surface area contributed by atoms with E-state index in [4.69, 9.17) is 4.79 Å². The maximum atomic E-state index is 10.4. The van der Waals surface area contributed by atoms with Crippen molar-refractivity contribution in [3.05, 3.63) is 65.1 Å². The third-order valence-corrected chi connectivity index (χ3v) is 3.93. The second kappa shape index (κ2) is 7.89. The van der Waals surface area contributed by atoms with Crippen molar-refractivity contribution in [3.8, 4) is 5.75 Å². The first-order valence-electron chi connectivity index (χ1n) is 6.99. The molecule has 0 aliphatic rings. The molecule has 0 aliphatic carbocycles. The Kier molecular flexibility index (Phi) is 6.48. The Bertz CT molecular complexity index is 809. The molecular weight excluding hydrogens is 316 g/mol. The van der Waals surface area contributed by atoms with Gasteiger partial charge in [-0.3, -0.25) is 4.79 Å². The average Bonchev–Trinajstić information content (AvgIpc) is 2.61. The molecule has 0 aliphatic heterocycles. The fourth-order valence-corrected chi connectivity index (χ4v) is 2.15. The second-order valence-electron chi connectivity index (χ2n) is 5.36. The Labute approximate surface area is 136 Å². The van der Waals surface area contributed by atoms with Crippen LogP contribution >= 0.6 is 0 Å². The largest absolute Gasteiger partial charge is 0.744 e. The summed E-state index contributed by atoms with van der Waals surface area (Å²) < 4.78 is 31.2. The van der Waals surface area contributed by atoms with Crippen molar-refractivity contribution < 1.29 is 22.9 Å². The van der Waals surface area contributed by atoms with Crippen LogP contribution in [0.2, 0.25) is 0 Å². The first-order chi connectivity index (χ1) is 10.6. The zero-order valence-electron chi connectivity index (χ0n) is 13.2. The molecule has 124 valence electrons. The molecule has 0 unspecified atom stereocenters. The van der Waals surface area contributed by atoms with Crippen LogP contribution in [-0.4, -0.2) is 22.9 Å². The molecule has 0 saturated carbocycles. The zero-order chi connectivity index (χ0) is 17.6. The van der Waals surface area contributed by atoms with Crippen LogP contribution in [0.1, 0.15) is 30.9 Å². The van der Waals surface area contributed by atoms with Crippen LogP contribution in [0.3, 0.4) is 0 Å². The topological polar surface area (TPSA) is 98.8 Å². The summed E-state index contributed by atoms with van der Waals surface area (Å²) in [6.45, 7) is 5.89. The minimum atomic E-state index is -4.27. The van der Waals surface area contributed by atoms with Crippen LogP contribution in [-0.2, 0) is 10.1 Å². The van der Waals surface area contributed by atoms with E-state index in [-0.39, 0.29) is 16.1 Å². The summed E-state index contributed by atoms with van der Waals surface area (Å²) >= 11 is 0. The molecule has 0 fully saturated rings. The van der Waals surface area contributed by atoms with Gasteiger partial charge in [0.15, 0.2) is 0 Å². The minimum absolute atomic E-state index is 0.0660. The third kappa shape index (κ3) is 6.22. The van der Waals surface area contributed by atoms with Crippen molar-refractivity contribution in [2.45, 2.75) is 31.6 Å². The predicted octanol–water partition coefficient (Wildman–Crippen LogP) is 2.42. The Balaban J connectivity index is 0.000000231. The van der Waals surface area contributed by atoms with E-state index in [1.807, 2.05) is 26.8 Å². The maximum absolute atomic E-state index is 10.4. The first kappa shape index (κ1) is 18.9. The fraction of sp³-hybridized carbons (Fsp3) is 0.235. The molecule has 0 amide bonds. The van der Waals surface area contributed by atoms with E-state index in [0.717, 1.165) is 11.1 Å². The third-order valence-electron chi connectivity index (χ3n) is 3.08. The van der Waals surface area contributed by atoms with Crippen molar-refractivity contribution in [2.75, 3.05) is 0 Å². The highest BCUT2D eigenvalue weighted by Crippen LogP contribution is 2.14. The molecule has 2 rings (SSSR count). The van der Waals surface area contributed by atoms with Crippen LogP contribution in [0.5, 0.6) is 5.75 Å². The van der Waals surface area contributed by atoms with Gasteiger partial charge in [-0.05, 0) is 36.6 Å². The summed E-state index contributed by atoms with van der Waals surface area (Å²) in [6, 6.07) is 12.4. The standard InChI is InChI=1S/C10H12O2.C7H8O3S/c1-7(2)8-4-3-5-9(11)10(12)6-8;1-6-2-4-7(5-3-6)11(8,9)10/h3-7H,1-2H3,(H,11,12);2-5H,1H3,(H,8,9,10). The van der Waals surface area contributed by atoms with Gasteiger partial charge < -0.3 is 9.66 Å². The number of hydrogen-bond acceptors (Lipinski definition) is 4. The number of aryl methyl sites for hydroxylation is 1. The normalized spacial score (nSPS) is 10.8. The Hall–Kier alpha value is -2.18. The van der Waals surface area contributed by atoms with Crippen LogP contribution in [0.4, 0.5) is 0 Å². The van der Waals surface area contributed by atoms with E-state index in [1.165, 1.54) is 18.2 Å². The summed E-state index contributed by atoms with van der Waals surface area (Å²) in [4.78, 5) is 8.96. The van der Waals surface area contributed by atoms with Gasteiger partial charge in [-0.2, -0.15) is 0 Å². The van der Waals surface area contributed by atoms with E-state index in [0.29, 0.717) is 5.92 Å². The van der Waals surface area contributed by atoms with Gasteiger partial charge in [0.05, 0.1) is 4.90 Å². The summed E-state index contributed by atoms with van der Waals surface area (Å²) in [5, 5.41) is 9.26. The van der Waals surface area contributed by atoms with E-state index in [2.05, 4.69) is 0 Å². The quantitative estimate of drug-likeness (QED) is 0.672. The SMILES string of the molecule is CC(C)c1cccc(=[OH+])c(O)c1.Cc1ccc(S(=O)(=O)[O-])cc1. The smallest absolute Gasteiger partial charge is 0.381 e. The second-order valence-corrected chi connectivity index (χ2v) is 6.74. The van der Waals surface area contributed by atoms with E-state index >= 15 is 0 Å². The highest BCUT2D eigenvalue weighted by Gasteiger charge is 2.02. The lowest BCUT2D eigenvalue weighted by Crippen LogP contribution is -1.97. The molecule has 0 aromatic heterocycles. The molecule has 0 spiro atoms. The molecular formula is C17H20O5S.